The molecule has 22 heavy (non-hydrogen) atoms. The van der Waals surface area contributed by atoms with E-state index >= 15 is 0 Å². The van der Waals surface area contributed by atoms with E-state index < -0.39 is 0 Å². The second-order valence-electron chi connectivity index (χ2n) is 5.10. The van der Waals surface area contributed by atoms with Gasteiger partial charge < -0.3 is 5.32 Å². The second-order valence-corrected chi connectivity index (χ2v) is 5.10. The molecule has 112 valence electrons. The van der Waals surface area contributed by atoms with Crippen LogP contribution in [-0.2, 0) is 13.5 Å². The molecule has 6 nitrogen and oxygen atoms in total. The average molecular weight is 295 g/mol. The first-order valence-electron chi connectivity index (χ1n) is 7.14. The Morgan fingerprint density at radius 1 is 1.23 bits per heavy atom. The van der Waals surface area contributed by atoms with Crippen LogP contribution in [0.4, 0.5) is 5.82 Å². The predicted molar refractivity (Wildman–Crippen MR) is 84.8 cm³/mol. The van der Waals surface area contributed by atoms with Crippen molar-refractivity contribution in [1.82, 2.24) is 19.7 Å². The highest BCUT2D eigenvalue weighted by molar-refractivity contribution is 6.05. The van der Waals surface area contributed by atoms with Crippen LogP contribution in [-0.4, -0.2) is 25.7 Å². The van der Waals surface area contributed by atoms with Gasteiger partial charge in [0.2, 0.25) is 0 Å². The Balaban J connectivity index is 1.93. The number of carbonyl (C=O) groups is 1. The average Bonchev–Trinajstić information content (AvgIpc) is 2.80. The number of aromatic nitrogens is 4. The minimum atomic E-state index is -0.176. The molecule has 0 aliphatic heterocycles. The lowest BCUT2D eigenvalue weighted by Crippen LogP contribution is -2.15. The van der Waals surface area contributed by atoms with E-state index in [9.17, 15) is 4.79 Å². The highest BCUT2D eigenvalue weighted by atomic mass is 16.1. The summed E-state index contributed by atoms with van der Waals surface area (Å²) in [6, 6.07) is 5.29. The molecule has 1 aromatic carbocycles. The Morgan fingerprint density at radius 2 is 1.95 bits per heavy atom. The Morgan fingerprint density at radius 3 is 2.68 bits per heavy atom. The summed E-state index contributed by atoms with van der Waals surface area (Å²) in [4.78, 5) is 20.9. The van der Waals surface area contributed by atoms with E-state index in [1.807, 2.05) is 20.9 Å². The van der Waals surface area contributed by atoms with E-state index in [0.29, 0.717) is 11.1 Å². The number of rotatable bonds is 3. The van der Waals surface area contributed by atoms with Crippen molar-refractivity contribution in [3.8, 4) is 0 Å². The Kier molecular flexibility index (Phi) is 3.58. The van der Waals surface area contributed by atoms with E-state index in [1.165, 1.54) is 0 Å². The molecule has 1 amide bonds. The lowest BCUT2D eigenvalue weighted by atomic mass is 10.1. The Hall–Kier alpha value is -2.76. The zero-order chi connectivity index (χ0) is 15.7. The second kappa shape index (κ2) is 5.55. The Bertz CT molecular complexity index is 853. The summed E-state index contributed by atoms with van der Waals surface area (Å²) in [5.74, 6) is 0.564. The molecule has 0 unspecified atom stereocenters. The van der Waals surface area contributed by atoms with Crippen LogP contribution >= 0.6 is 0 Å². The molecule has 1 N–H and O–H groups in total. The van der Waals surface area contributed by atoms with Gasteiger partial charge in [0.1, 0.15) is 5.82 Å². The molecule has 2 heterocycles. The summed E-state index contributed by atoms with van der Waals surface area (Å²) in [7, 11) is 1.83. The van der Waals surface area contributed by atoms with Crippen LogP contribution in [0.5, 0.6) is 0 Å². The van der Waals surface area contributed by atoms with Gasteiger partial charge in [-0.1, -0.05) is 6.92 Å². The van der Waals surface area contributed by atoms with Crippen LogP contribution in [0.3, 0.4) is 0 Å². The quantitative estimate of drug-likeness (QED) is 0.805. The zero-order valence-electron chi connectivity index (χ0n) is 12.8. The molecular formula is C16H17N5O. The molecule has 0 aliphatic carbocycles. The normalized spacial score (nSPS) is 10.9. The van der Waals surface area contributed by atoms with Crippen molar-refractivity contribution < 1.29 is 4.79 Å². The van der Waals surface area contributed by atoms with Crippen molar-refractivity contribution in [3.63, 3.8) is 0 Å². The van der Waals surface area contributed by atoms with E-state index in [2.05, 4.69) is 20.4 Å². The standard InChI is InChI=1S/C16H17N5O/c1-4-12-10(2)20-21(3)15(12)19-16(22)11-5-6-13-14(9-11)18-8-7-17-13/h5-9H,4H2,1-3H3,(H,19,22). The highest BCUT2D eigenvalue weighted by Gasteiger charge is 2.15. The number of nitrogens with one attached hydrogen (secondary N) is 1. The van der Waals surface area contributed by atoms with Crippen LogP contribution < -0.4 is 5.32 Å². The van der Waals surface area contributed by atoms with Crippen molar-refractivity contribution >= 4 is 22.8 Å². The molecule has 0 spiro atoms. The van der Waals surface area contributed by atoms with Gasteiger partial charge in [-0.15, -0.1) is 0 Å². The van der Waals surface area contributed by atoms with Crippen LogP contribution in [0.1, 0.15) is 28.5 Å². The minimum absolute atomic E-state index is 0.176. The van der Waals surface area contributed by atoms with Gasteiger partial charge in [-0.05, 0) is 31.5 Å². The summed E-state index contributed by atoms with van der Waals surface area (Å²) < 4.78 is 1.70. The number of anilines is 1. The van der Waals surface area contributed by atoms with Crippen LogP contribution in [0.2, 0.25) is 0 Å². The molecule has 0 bridgehead atoms. The molecule has 3 aromatic rings. The summed E-state index contributed by atoms with van der Waals surface area (Å²) in [5.41, 5.74) is 4.01. The molecule has 3 rings (SSSR count). The maximum Gasteiger partial charge on any atom is 0.256 e. The third-order valence-electron chi connectivity index (χ3n) is 3.66. The first kappa shape index (κ1) is 14.2. The van der Waals surface area contributed by atoms with Crippen molar-refractivity contribution in [2.45, 2.75) is 20.3 Å². The zero-order valence-corrected chi connectivity index (χ0v) is 12.8. The Labute approximate surface area is 128 Å². The number of hydrogen-bond donors (Lipinski definition) is 1. The lowest BCUT2D eigenvalue weighted by molar-refractivity contribution is 0.102. The third-order valence-corrected chi connectivity index (χ3v) is 3.66. The van der Waals surface area contributed by atoms with Crippen LogP contribution in [0, 0.1) is 6.92 Å². The van der Waals surface area contributed by atoms with E-state index in [1.54, 1.807) is 35.3 Å². The molecule has 2 aromatic heterocycles. The molecular weight excluding hydrogens is 278 g/mol. The van der Waals surface area contributed by atoms with Gasteiger partial charge in [0.25, 0.3) is 5.91 Å². The van der Waals surface area contributed by atoms with Crippen LogP contribution in [0.25, 0.3) is 11.0 Å². The first-order valence-corrected chi connectivity index (χ1v) is 7.14. The number of carbonyl (C=O) groups excluding carboxylic acids is 1. The number of hydrogen-bond acceptors (Lipinski definition) is 4. The fourth-order valence-corrected chi connectivity index (χ4v) is 2.57. The minimum Gasteiger partial charge on any atom is -0.307 e. The van der Waals surface area contributed by atoms with E-state index in [0.717, 1.165) is 29.0 Å². The third kappa shape index (κ3) is 2.43. The monoisotopic (exact) mass is 295 g/mol. The molecule has 0 fully saturated rings. The fraction of sp³-hybridized carbons (Fsp3) is 0.250. The topological polar surface area (TPSA) is 72.7 Å². The summed E-state index contributed by atoms with van der Waals surface area (Å²) in [5, 5.41) is 7.30. The predicted octanol–water partition coefficient (Wildman–Crippen LogP) is 2.49. The van der Waals surface area contributed by atoms with Gasteiger partial charge in [0.15, 0.2) is 0 Å². The van der Waals surface area contributed by atoms with E-state index in [4.69, 9.17) is 0 Å². The van der Waals surface area contributed by atoms with E-state index in [-0.39, 0.29) is 5.91 Å². The first-order chi connectivity index (χ1) is 10.6. The van der Waals surface area contributed by atoms with Gasteiger partial charge in [0, 0.05) is 30.6 Å². The molecule has 6 heteroatoms. The molecule has 0 saturated carbocycles. The summed E-state index contributed by atoms with van der Waals surface area (Å²) in [6.45, 7) is 3.99. The molecule has 0 radical (unpaired) electrons. The van der Waals surface area contributed by atoms with Gasteiger partial charge in [0.05, 0.1) is 16.7 Å². The van der Waals surface area contributed by atoms with Crippen molar-refractivity contribution in [2.75, 3.05) is 5.32 Å². The molecule has 0 saturated heterocycles. The number of amides is 1. The lowest BCUT2D eigenvalue weighted by Gasteiger charge is -2.08. The number of benzene rings is 1. The van der Waals surface area contributed by atoms with Crippen molar-refractivity contribution in [3.05, 3.63) is 47.4 Å². The fourth-order valence-electron chi connectivity index (χ4n) is 2.57. The maximum absolute atomic E-state index is 12.5. The van der Waals surface area contributed by atoms with Crippen molar-refractivity contribution in [1.29, 1.82) is 0 Å². The SMILES string of the molecule is CCc1c(C)nn(C)c1NC(=O)c1ccc2nccnc2c1. The smallest absolute Gasteiger partial charge is 0.256 e. The maximum atomic E-state index is 12.5. The molecule has 0 aliphatic rings. The number of aryl methyl sites for hydroxylation is 2. The summed E-state index contributed by atoms with van der Waals surface area (Å²) in [6.07, 6.45) is 4.07. The largest absolute Gasteiger partial charge is 0.307 e. The van der Waals surface area contributed by atoms with Gasteiger partial charge in [-0.25, -0.2) is 0 Å². The van der Waals surface area contributed by atoms with Gasteiger partial charge in [-0.3, -0.25) is 19.4 Å². The van der Waals surface area contributed by atoms with Crippen molar-refractivity contribution in [2.24, 2.45) is 7.05 Å². The number of nitrogens with zero attached hydrogens (tertiary/aromatic N) is 4. The van der Waals surface area contributed by atoms with Gasteiger partial charge >= 0.3 is 0 Å². The van der Waals surface area contributed by atoms with Crippen LogP contribution in [0.15, 0.2) is 30.6 Å². The highest BCUT2D eigenvalue weighted by Crippen LogP contribution is 2.20. The molecule has 0 atom stereocenters. The van der Waals surface area contributed by atoms with Gasteiger partial charge in [-0.2, -0.15) is 5.10 Å². The number of fused-ring (bicyclic) bond motifs is 1. The summed E-state index contributed by atoms with van der Waals surface area (Å²) >= 11 is 0.